The molecule has 0 unspecified atom stereocenters. The molecule has 4 N–H and O–H groups in total. The molecule has 0 saturated carbocycles. The molecule has 202 valence electrons. The van der Waals surface area contributed by atoms with Crippen molar-refractivity contribution in [1.29, 1.82) is 0 Å². The van der Waals surface area contributed by atoms with Crippen molar-refractivity contribution in [1.82, 2.24) is 19.9 Å². The summed E-state index contributed by atoms with van der Waals surface area (Å²) in [5.41, 5.74) is 4.61. The molecule has 39 heavy (non-hydrogen) atoms. The number of thiophene rings is 1. The summed E-state index contributed by atoms with van der Waals surface area (Å²) >= 11 is 2.72. The number of hydrogen-bond acceptors (Lipinski definition) is 7. The lowest BCUT2D eigenvalue weighted by molar-refractivity contribution is -0.128. The van der Waals surface area contributed by atoms with Gasteiger partial charge in [0, 0.05) is 36.1 Å². The van der Waals surface area contributed by atoms with E-state index in [1.165, 1.54) is 27.6 Å². The van der Waals surface area contributed by atoms with E-state index in [1.54, 1.807) is 5.48 Å². The fraction of sp³-hybridized carbons (Fsp3) is 0.259. The molecule has 1 aliphatic heterocycles. The van der Waals surface area contributed by atoms with Gasteiger partial charge in [-0.3, -0.25) is 20.1 Å². The van der Waals surface area contributed by atoms with E-state index >= 15 is 0 Å². The van der Waals surface area contributed by atoms with Gasteiger partial charge in [0.05, 0.1) is 28.2 Å². The zero-order valence-corrected chi connectivity index (χ0v) is 22.5. The standard InChI is InChI=1S/C27H27N5O5S2/c33-23(30-37)14-19-6-7-22(39-19)21-16-38-26(28-21)29-25(34)20-10-13-32(24(20)18-4-2-1-3-5-18)15-17-8-11-31(12-9-17)27(35)36/h1-7,10,13,16-17,37H,8-9,11-12,14-15H2,(H,30,33)(H,35,36)(H,28,29,34). The highest BCUT2D eigenvalue weighted by atomic mass is 32.1. The molecule has 3 amide bonds. The summed E-state index contributed by atoms with van der Waals surface area (Å²) in [5, 5.41) is 23.2. The number of hydroxylamine groups is 1. The highest BCUT2D eigenvalue weighted by Gasteiger charge is 2.25. The number of benzene rings is 1. The zero-order valence-electron chi connectivity index (χ0n) is 20.9. The lowest BCUT2D eigenvalue weighted by atomic mass is 9.96. The summed E-state index contributed by atoms with van der Waals surface area (Å²) in [6.45, 7) is 1.73. The number of carbonyl (C=O) groups is 3. The van der Waals surface area contributed by atoms with Gasteiger partial charge in [-0.15, -0.1) is 22.7 Å². The molecule has 0 aliphatic carbocycles. The van der Waals surface area contributed by atoms with Crippen LogP contribution in [0.15, 0.2) is 60.1 Å². The lowest BCUT2D eigenvalue weighted by Crippen LogP contribution is -2.38. The van der Waals surface area contributed by atoms with E-state index in [0.29, 0.717) is 41.9 Å². The normalized spacial score (nSPS) is 13.8. The van der Waals surface area contributed by atoms with Gasteiger partial charge >= 0.3 is 6.09 Å². The third kappa shape index (κ3) is 6.19. The van der Waals surface area contributed by atoms with Crippen molar-refractivity contribution in [3.8, 4) is 21.8 Å². The Kier molecular flexibility index (Phi) is 8.05. The minimum absolute atomic E-state index is 0.0762. The fourth-order valence-electron chi connectivity index (χ4n) is 4.73. The van der Waals surface area contributed by atoms with Gasteiger partial charge in [0.15, 0.2) is 5.13 Å². The maximum Gasteiger partial charge on any atom is 0.407 e. The molecule has 0 spiro atoms. The quantitative estimate of drug-likeness (QED) is 0.175. The first-order valence-corrected chi connectivity index (χ1v) is 14.1. The smallest absolute Gasteiger partial charge is 0.407 e. The van der Waals surface area contributed by atoms with Crippen molar-refractivity contribution in [3.05, 3.63) is 70.5 Å². The van der Waals surface area contributed by atoms with E-state index in [4.69, 9.17) is 5.21 Å². The second-order valence-corrected chi connectivity index (χ2v) is 11.3. The average molecular weight is 566 g/mol. The summed E-state index contributed by atoms with van der Waals surface area (Å²) in [4.78, 5) is 43.8. The molecule has 5 rings (SSSR count). The first-order valence-electron chi connectivity index (χ1n) is 12.4. The van der Waals surface area contributed by atoms with Crippen molar-refractivity contribution >= 4 is 45.7 Å². The van der Waals surface area contributed by atoms with Crippen LogP contribution in [0.25, 0.3) is 21.8 Å². The Morgan fingerprint density at radius 1 is 1.05 bits per heavy atom. The Labute approximate surface area is 232 Å². The molecule has 1 fully saturated rings. The minimum Gasteiger partial charge on any atom is -0.465 e. The average Bonchev–Trinajstić information content (AvgIpc) is 3.69. The highest BCUT2D eigenvalue weighted by Crippen LogP contribution is 2.33. The van der Waals surface area contributed by atoms with Crippen molar-refractivity contribution in [2.75, 3.05) is 18.4 Å². The second kappa shape index (κ2) is 11.8. The molecule has 1 aromatic carbocycles. The van der Waals surface area contributed by atoms with Crippen LogP contribution in [0.5, 0.6) is 0 Å². The molecule has 1 aliphatic rings. The molecule has 4 aromatic rings. The number of likely N-dealkylation sites (tertiary alicyclic amines) is 1. The second-order valence-electron chi connectivity index (χ2n) is 9.28. The van der Waals surface area contributed by atoms with Crippen molar-refractivity contribution < 1.29 is 24.7 Å². The van der Waals surface area contributed by atoms with Gasteiger partial charge in [-0.1, -0.05) is 30.3 Å². The number of amides is 3. The van der Waals surface area contributed by atoms with Gasteiger partial charge in [0.2, 0.25) is 5.91 Å². The largest absolute Gasteiger partial charge is 0.465 e. The van der Waals surface area contributed by atoms with Crippen LogP contribution in [-0.2, 0) is 17.8 Å². The number of hydrogen-bond donors (Lipinski definition) is 4. The summed E-state index contributed by atoms with van der Waals surface area (Å²) < 4.78 is 2.09. The van der Waals surface area contributed by atoms with E-state index in [1.807, 2.05) is 60.1 Å². The van der Waals surface area contributed by atoms with Gasteiger partial charge in [0.1, 0.15) is 0 Å². The number of nitrogens with zero attached hydrogens (tertiary/aromatic N) is 3. The number of nitrogens with one attached hydrogen (secondary N) is 2. The Morgan fingerprint density at radius 2 is 1.82 bits per heavy atom. The fourth-order valence-corrected chi connectivity index (χ4v) is 6.47. The molecular formula is C27H27N5O5S2. The number of rotatable bonds is 8. The monoisotopic (exact) mass is 565 g/mol. The number of carbonyl (C=O) groups excluding carboxylic acids is 2. The first kappa shape index (κ1) is 26.6. The highest BCUT2D eigenvalue weighted by molar-refractivity contribution is 7.17. The Bertz CT molecular complexity index is 1470. The summed E-state index contributed by atoms with van der Waals surface area (Å²) in [6, 6.07) is 15.2. The summed E-state index contributed by atoms with van der Waals surface area (Å²) in [7, 11) is 0. The summed E-state index contributed by atoms with van der Waals surface area (Å²) in [5.74, 6) is -0.436. The number of anilines is 1. The van der Waals surface area contributed by atoms with Gasteiger partial charge in [-0.05, 0) is 42.5 Å². The SMILES string of the molecule is O=C(Cc1ccc(-c2csc(NC(=O)c3ccn(CC4CCN(C(=O)O)CC4)c3-c3ccccc3)n2)s1)NO. The molecule has 4 heterocycles. The molecule has 0 radical (unpaired) electrons. The molecule has 10 nitrogen and oxygen atoms in total. The Balaban J connectivity index is 1.33. The molecule has 1 saturated heterocycles. The number of carboxylic acid groups (broad SMARTS) is 1. The van der Waals surface area contributed by atoms with Crippen LogP contribution in [0.3, 0.4) is 0 Å². The number of thiazole rings is 1. The van der Waals surface area contributed by atoms with Crippen LogP contribution < -0.4 is 10.8 Å². The van der Waals surface area contributed by atoms with Crippen LogP contribution in [0.2, 0.25) is 0 Å². The van der Waals surface area contributed by atoms with E-state index in [2.05, 4.69) is 14.9 Å². The van der Waals surface area contributed by atoms with Gasteiger partial charge in [0.25, 0.3) is 5.91 Å². The van der Waals surface area contributed by atoms with E-state index < -0.39 is 12.0 Å². The van der Waals surface area contributed by atoms with Crippen molar-refractivity contribution in [3.63, 3.8) is 0 Å². The van der Waals surface area contributed by atoms with Crippen LogP contribution in [-0.4, -0.2) is 55.8 Å². The van der Waals surface area contributed by atoms with E-state index in [9.17, 15) is 19.5 Å². The number of aromatic nitrogens is 2. The van der Waals surface area contributed by atoms with Crippen LogP contribution in [0.1, 0.15) is 28.1 Å². The molecule has 0 atom stereocenters. The molecule has 0 bridgehead atoms. The maximum absolute atomic E-state index is 13.4. The van der Waals surface area contributed by atoms with Crippen molar-refractivity contribution in [2.45, 2.75) is 25.8 Å². The van der Waals surface area contributed by atoms with E-state index in [-0.39, 0.29) is 12.3 Å². The molecule has 3 aromatic heterocycles. The topological polar surface area (TPSA) is 137 Å². The third-order valence-corrected chi connectivity index (χ3v) is 8.56. The van der Waals surface area contributed by atoms with E-state index in [0.717, 1.165) is 33.9 Å². The Hall–Kier alpha value is -4.00. The van der Waals surface area contributed by atoms with Crippen LogP contribution in [0, 0.1) is 5.92 Å². The predicted molar refractivity (Wildman–Crippen MR) is 149 cm³/mol. The predicted octanol–water partition coefficient (Wildman–Crippen LogP) is 5.03. The minimum atomic E-state index is -0.877. The third-order valence-electron chi connectivity index (χ3n) is 6.69. The van der Waals surface area contributed by atoms with Gasteiger partial charge in [-0.2, -0.15) is 0 Å². The first-order chi connectivity index (χ1) is 18.9. The lowest BCUT2D eigenvalue weighted by Gasteiger charge is -2.30. The van der Waals surface area contributed by atoms with Gasteiger partial charge < -0.3 is 14.6 Å². The van der Waals surface area contributed by atoms with Crippen LogP contribution in [0.4, 0.5) is 9.93 Å². The zero-order chi connectivity index (χ0) is 27.4. The Morgan fingerprint density at radius 3 is 2.54 bits per heavy atom. The van der Waals surface area contributed by atoms with Gasteiger partial charge in [-0.25, -0.2) is 15.3 Å². The molecular weight excluding hydrogens is 538 g/mol. The maximum atomic E-state index is 13.4. The number of piperidine rings is 1. The van der Waals surface area contributed by atoms with Crippen molar-refractivity contribution in [2.24, 2.45) is 5.92 Å². The summed E-state index contributed by atoms with van der Waals surface area (Å²) in [6.07, 6.45) is 2.67. The van der Waals surface area contributed by atoms with Crippen LogP contribution >= 0.6 is 22.7 Å². The molecule has 12 heteroatoms.